The fraction of sp³-hybridized carbons (Fsp3) is 0.200. The van der Waals surface area contributed by atoms with Gasteiger partial charge in [0.2, 0.25) is 5.89 Å². The molecule has 0 atom stereocenters. The fourth-order valence-electron chi connectivity index (χ4n) is 2.16. The third-order valence-electron chi connectivity index (χ3n) is 3.26. The van der Waals surface area contributed by atoms with E-state index >= 15 is 0 Å². The monoisotopic (exact) mass is 302 g/mol. The Kier molecular flexibility index (Phi) is 3.25. The van der Waals surface area contributed by atoms with Crippen LogP contribution in [0.4, 0.5) is 0 Å². The van der Waals surface area contributed by atoms with E-state index in [-0.39, 0.29) is 4.90 Å². The van der Waals surface area contributed by atoms with Crippen LogP contribution in [0.1, 0.15) is 12.5 Å². The van der Waals surface area contributed by atoms with Gasteiger partial charge in [-0.05, 0) is 36.2 Å². The van der Waals surface area contributed by atoms with E-state index in [1.54, 1.807) is 12.3 Å². The molecule has 1 aromatic carbocycles. The maximum atomic E-state index is 11.6. The largest absolute Gasteiger partial charge is 0.435 e. The van der Waals surface area contributed by atoms with Crippen LogP contribution in [-0.2, 0) is 16.3 Å². The summed E-state index contributed by atoms with van der Waals surface area (Å²) in [6, 6.07) is 8.50. The molecule has 0 radical (unpaired) electrons. The normalized spacial score (nSPS) is 11.9. The van der Waals surface area contributed by atoms with Crippen LogP contribution >= 0.6 is 0 Å². The number of benzene rings is 1. The fourth-order valence-corrected chi connectivity index (χ4v) is 2.80. The highest BCUT2D eigenvalue weighted by Crippen LogP contribution is 2.27. The smallest absolute Gasteiger partial charge is 0.246 e. The Hall–Kier alpha value is -2.21. The van der Waals surface area contributed by atoms with Crippen LogP contribution in [0.3, 0.4) is 0 Å². The highest BCUT2D eigenvalue weighted by molar-refractivity contribution is 7.90. The second-order valence-corrected chi connectivity index (χ2v) is 6.80. The molecule has 0 saturated heterocycles. The molecular formula is C15H14N2O3S. The molecule has 0 aliphatic rings. The number of aromatic nitrogens is 2. The van der Waals surface area contributed by atoms with Crippen molar-refractivity contribution >= 4 is 20.9 Å². The molecule has 0 saturated carbocycles. The molecule has 5 nitrogen and oxygen atoms in total. The van der Waals surface area contributed by atoms with E-state index in [0.717, 1.165) is 12.0 Å². The zero-order chi connectivity index (χ0) is 15.0. The van der Waals surface area contributed by atoms with Gasteiger partial charge in [-0.15, -0.1) is 0 Å². The lowest BCUT2D eigenvalue weighted by Gasteiger charge is -2.00. The third kappa shape index (κ3) is 2.54. The maximum absolute atomic E-state index is 11.6. The molecule has 0 aliphatic carbocycles. The summed E-state index contributed by atoms with van der Waals surface area (Å²) in [5, 5.41) is 0. The predicted molar refractivity (Wildman–Crippen MR) is 79.7 cm³/mol. The van der Waals surface area contributed by atoms with Gasteiger partial charge < -0.3 is 4.42 Å². The minimum Gasteiger partial charge on any atom is -0.435 e. The summed E-state index contributed by atoms with van der Waals surface area (Å²) in [7, 11) is -3.26. The molecule has 0 unspecified atom stereocenters. The highest BCUT2D eigenvalue weighted by atomic mass is 32.2. The molecule has 21 heavy (non-hydrogen) atoms. The van der Waals surface area contributed by atoms with Gasteiger partial charge in [0, 0.05) is 12.5 Å². The standard InChI is InChI=1S/C15H14N2O3S/c1-3-10-5-4-8-16-14(10)15-17-12-9-11(21(2,18)19)6-7-13(12)20-15/h4-9H,3H2,1-2H3. The summed E-state index contributed by atoms with van der Waals surface area (Å²) in [6.45, 7) is 2.03. The number of aryl methyl sites for hydroxylation is 1. The molecule has 0 aliphatic heterocycles. The van der Waals surface area contributed by atoms with Crippen molar-refractivity contribution in [3.05, 3.63) is 42.1 Å². The average molecular weight is 302 g/mol. The predicted octanol–water partition coefficient (Wildman–Crippen LogP) is 2.86. The molecule has 2 heterocycles. The Balaban J connectivity index is 2.18. The lowest BCUT2D eigenvalue weighted by atomic mass is 10.1. The average Bonchev–Trinajstić information content (AvgIpc) is 2.89. The Labute approximate surface area is 122 Å². The molecule has 3 aromatic rings. The van der Waals surface area contributed by atoms with Crippen LogP contribution in [0.15, 0.2) is 45.8 Å². The SMILES string of the molecule is CCc1cccnc1-c1nc2cc(S(C)(=O)=O)ccc2o1. The van der Waals surface area contributed by atoms with Gasteiger partial charge in [0.05, 0.1) is 4.90 Å². The first-order chi connectivity index (χ1) is 9.99. The zero-order valence-electron chi connectivity index (χ0n) is 11.7. The minimum absolute atomic E-state index is 0.228. The first-order valence-corrected chi connectivity index (χ1v) is 8.43. The Morgan fingerprint density at radius 1 is 1.24 bits per heavy atom. The van der Waals surface area contributed by atoms with Gasteiger partial charge >= 0.3 is 0 Å². The minimum atomic E-state index is -3.26. The molecule has 0 bridgehead atoms. The maximum Gasteiger partial charge on any atom is 0.246 e. The molecule has 6 heteroatoms. The van der Waals surface area contributed by atoms with Crippen molar-refractivity contribution in [3.8, 4) is 11.6 Å². The lowest BCUT2D eigenvalue weighted by molar-refractivity contribution is 0.602. The van der Waals surface area contributed by atoms with E-state index < -0.39 is 9.84 Å². The summed E-state index contributed by atoms with van der Waals surface area (Å²) in [4.78, 5) is 8.91. The molecule has 0 amide bonds. The number of fused-ring (bicyclic) bond motifs is 1. The first-order valence-electron chi connectivity index (χ1n) is 6.54. The number of rotatable bonds is 3. The van der Waals surface area contributed by atoms with Gasteiger partial charge in [-0.3, -0.25) is 4.98 Å². The Bertz CT molecular complexity index is 914. The van der Waals surface area contributed by atoms with Crippen LogP contribution in [-0.4, -0.2) is 24.6 Å². The lowest BCUT2D eigenvalue weighted by Crippen LogP contribution is -1.96. The van der Waals surface area contributed by atoms with Gasteiger partial charge in [0.1, 0.15) is 11.2 Å². The number of hydrogen-bond donors (Lipinski definition) is 0. The van der Waals surface area contributed by atoms with Crippen molar-refractivity contribution in [2.45, 2.75) is 18.2 Å². The summed E-state index contributed by atoms with van der Waals surface area (Å²) >= 11 is 0. The van der Waals surface area contributed by atoms with Crippen molar-refractivity contribution in [1.29, 1.82) is 0 Å². The van der Waals surface area contributed by atoms with Gasteiger partial charge in [-0.1, -0.05) is 13.0 Å². The number of pyridine rings is 1. The number of oxazole rings is 1. The number of nitrogens with zero attached hydrogens (tertiary/aromatic N) is 2. The van der Waals surface area contributed by atoms with E-state index in [0.29, 0.717) is 22.7 Å². The van der Waals surface area contributed by atoms with Crippen molar-refractivity contribution in [2.75, 3.05) is 6.26 Å². The molecular weight excluding hydrogens is 288 g/mol. The summed E-state index contributed by atoms with van der Waals surface area (Å²) in [5.74, 6) is 0.410. The first kappa shape index (κ1) is 13.8. The van der Waals surface area contributed by atoms with E-state index in [1.807, 2.05) is 19.1 Å². The van der Waals surface area contributed by atoms with Crippen LogP contribution < -0.4 is 0 Å². The quantitative estimate of drug-likeness (QED) is 0.744. The van der Waals surface area contributed by atoms with E-state index in [4.69, 9.17) is 4.42 Å². The van der Waals surface area contributed by atoms with Gasteiger partial charge in [0.15, 0.2) is 15.4 Å². The molecule has 2 aromatic heterocycles. The van der Waals surface area contributed by atoms with Crippen LogP contribution in [0.25, 0.3) is 22.7 Å². The molecule has 108 valence electrons. The van der Waals surface area contributed by atoms with Gasteiger partial charge in [-0.25, -0.2) is 13.4 Å². The van der Waals surface area contributed by atoms with E-state index in [2.05, 4.69) is 9.97 Å². The van der Waals surface area contributed by atoms with Gasteiger partial charge in [0.25, 0.3) is 0 Å². The van der Waals surface area contributed by atoms with Crippen LogP contribution in [0.5, 0.6) is 0 Å². The highest BCUT2D eigenvalue weighted by Gasteiger charge is 2.15. The van der Waals surface area contributed by atoms with Crippen LogP contribution in [0, 0.1) is 0 Å². The van der Waals surface area contributed by atoms with Crippen molar-refractivity contribution < 1.29 is 12.8 Å². The van der Waals surface area contributed by atoms with E-state index in [9.17, 15) is 8.42 Å². The molecule has 3 rings (SSSR count). The molecule has 0 spiro atoms. The molecule has 0 N–H and O–H groups in total. The summed E-state index contributed by atoms with van der Waals surface area (Å²) < 4.78 is 28.9. The van der Waals surface area contributed by atoms with Crippen molar-refractivity contribution in [1.82, 2.24) is 9.97 Å². The zero-order valence-corrected chi connectivity index (χ0v) is 12.5. The molecule has 0 fully saturated rings. The Morgan fingerprint density at radius 3 is 2.76 bits per heavy atom. The van der Waals surface area contributed by atoms with Crippen molar-refractivity contribution in [2.24, 2.45) is 0 Å². The summed E-state index contributed by atoms with van der Waals surface area (Å²) in [6.07, 6.45) is 3.67. The van der Waals surface area contributed by atoms with Crippen molar-refractivity contribution in [3.63, 3.8) is 0 Å². The Morgan fingerprint density at radius 2 is 2.05 bits per heavy atom. The second kappa shape index (κ2) is 4.96. The third-order valence-corrected chi connectivity index (χ3v) is 4.37. The van der Waals surface area contributed by atoms with Gasteiger partial charge in [-0.2, -0.15) is 0 Å². The second-order valence-electron chi connectivity index (χ2n) is 4.79. The number of sulfone groups is 1. The van der Waals surface area contributed by atoms with Crippen LogP contribution in [0.2, 0.25) is 0 Å². The topological polar surface area (TPSA) is 73.1 Å². The summed E-state index contributed by atoms with van der Waals surface area (Å²) in [5.41, 5.74) is 2.79. The number of hydrogen-bond acceptors (Lipinski definition) is 5. The van der Waals surface area contributed by atoms with E-state index in [1.165, 1.54) is 18.4 Å².